The van der Waals surface area contributed by atoms with E-state index in [4.69, 9.17) is 4.74 Å². The van der Waals surface area contributed by atoms with Crippen molar-refractivity contribution in [3.8, 4) is 0 Å². The van der Waals surface area contributed by atoms with Crippen LogP contribution in [0.15, 0.2) is 60.9 Å². The third-order valence-corrected chi connectivity index (χ3v) is 11.3. The van der Waals surface area contributed by atoms with Crippen LogP contribution in [0.3, 0.4) is 0 Å². The summed E-state index contributed by atoms with van der Waals surface area (Å²) in [7, 11) is 0. The number of likely N-dealkylation sites (tertiary alicyclic amines) is 1. The molecule has 2 aliphatic heterocycles. The van der Waals surface area contributed by atoms with Gasteiger partial charge in [0, 0.05) is 50.1 Å². The van der Waals surface area contributed by atoms with Crippen molar-refractivity contribution in [2.24, 2.45) is 11.8 Å². The van der Waals surface area contributed by atoms with Crippen molar-refractivity contribution in [1.82, 2.24) is 14.9 Å². The van der Waals surface area contributed by atoms with Gasteiger partial charge in [-0.3, -0.25) is 9.59 Å². The lowest BCUT2D eigenvalue weighted by Gasteiger charge is -2.49. The predicted molar refractivity (Wildman–Crippen MR) is 193 cm³/mol. The molecule has 1 amide bonds. The van der Waals surface area contributed by atoms with Crippen LogP contribution in [-0.2, 0) is 39.6 Å². The molecule has 0 bridgehead atoms. The van der Waals surface area contributed by atoms with Crippen molar-refractivity contribution in [3.05, 3.63) is 83.2 Å². The highest BCUT2D eigenvalue weighted by Gasteiger charge is 2.44. The van der Waals surface area contributed by atoms with Crippen molar-refractivity contribution in [2.75, 3.05) is 36.1 Å². The van der Waals surface area contributed by atoms with E-state index in [2.05, 4.69) is 9.97 Å². The molecule has 1 aliphatic carbocycles. The maximum atomic E-state index is 14.5. The largest absolute Gasteiger partial charge is 0.481 e. The van der Waals surface area contributed by atoms with Gasteiger partial charge < -0.3 is 24.5 Å². The van der Waals surface area contributed by atoms with E-state index in [1.165, 1.54) is 0 Å². The molecule has 55 heavy (non-hydrogen) atoms. The molecule has 0 radical (unpaired) electrons. The molecular formula is C40H47F6N5O4. The summed E-state index contributed by atoms with van der Waals surface area (Å²) in [6, 6.07) is 10.2. The van der Waals surface area contributed by atoms with Crippen LogP contribution < -0.4 is 9.80 Å². The van der Waals surface area contributed by atoms with Crippen LogP contribution in [0, 0.1) is 11.8 Å². The number of piperidine rings is 1. The molecule has 2 aromatic carbocycles. The van der Waals surface area contributed by atoms with Gasteiger partial charge >= 0.3 is 18.3 Å². The van der Waals surface area contributed by atoms with Crippen LogP contribution >= 0.6 is 0 Å². The minimum absolute atomic E-state index is 0.00497. The summed E-state index contributed by atoms with van der Waals surface area (Å²) in [5.74, 6) is -0.934. The molecule has 1 N–H and O–H groups in total. The molecule has 15 heteroatoms. The van der Waals surface area contributed by atoms with Crippen molar-refractivity contribution in [1.29, 1.82) is 0 Å². The Morgan fingerprint density at radius 2 is 1.45 bits per heavy atom. The molecule has 9 nitrogen and oxygen atoms in total. The monoisotopic (exact) mass is 775 g/mol. The molecule has 3 aliphatic rings. The molecule has 1 aromatic heterocycles. The Bertz CT molecular complexity index is 1710. The molecule has 3 fully saturated rings. The molecule has 2 saturated heterocycles. The van der Waals surface area contributed by atoms with Gasteiger partial charge in [0.25, 0.3) is 0 Å². The zero-order chi connectivity index (χ0) is 39.3. The molecule has 3 atom stereocenters. The molecule has 6 rings (SSSR count). The number of nitrogens with zero attached hydrogens (tertiary/aromatic N) is 5. The predicted octanol–water partition coefficient (Wildman–Crippen LogP) is 8.02. The van der Waals surface area contributed by atoms with E-state index in [0.717, 1.165) is 23.4 Å². The lowest BCUT2D eigenvalue weighted by atomic mass is 9.78. The number of ether oxygens (including phenoxy) is 1. The number of amides is 1. The smallest absolute Gasteiger partial charge is 0.416 e. The number of carboxylic acid groups (broad SMARTS) is 1. The highest BCUT2D eigenvalue weighted by atomic mass is 19.4. The van der Waals surface area contributed by atoms with Gasteiger partial charge in [-0.05, 0) is 86.6 Å². The number of carbonyl (C=O) groups is 2. The van der Waals surface area contributed by atoms with Crippen molar-refractivity contribution >= 4 is 23.5 Å². The topological polar surface area (TPSA) is 99.1 Å². The van der Waals surface area contributed by atoms with Gasteiger partial charge in [-0.2, -0.15) is 26.3 Å². The summed E-state index contributed by atoms with van der Waals surface area (Å²) in [6.45, 7) is 3.91. The van der Waals surface area contributed by atoms with E-state index in [1.54, 1.807) is 17.3 Å². The normalized spacial score (nSPS) is 23.7. The molecule has 298 valence electrons. The molecular weight excluding hydrogens is 728 g/mol. The quantitative estimate of drug-likeness (QED) is 0.196. The Kier molecular flexibility index (Phi) is 12.6. The highest BCUT2D eigenvalue weighted by Crippen LogP contribution is 2.40. The van der Waals surface area contributed by atoms with Gasteiger partial charge in [-0.25, -0.2) is 9.97 Å². The first-order valence-corrected chi connectivity index (χ1v) is 19.0. The summed E-state index contributed by atoms with van der Waals surface area (Å²) in [4.78, 5) is 40.9. The zero-order valence-electron chi connectivity index (χ0n) is 30.7. The van der Waals surface area contributed by atoms with E-state index in [-0.39, 0.29) is 60.4 Å². The SMILES string of the molecule is CC[C@@H]1C[C@H](N(Cc2cc(C(F)(F)F)cc(C(F)(F)F)c2)c2ncc(N3CCOCC3)cn2)C[C@H](Cc2ccccc2)N1C(=O)C1CCC(CC(=O)O)CC1. The number of hydrogen-bond acceptors (Lipinski definition) is 7. The van der Waals surface area contributed by atoms with Crippen LogP contribution in [0.25, 0.3) is 0 Å². The molecule has 3 aromatic rings. The maximum absolute atomic E-state index is 14.5. The van der Waals surface area contributed by atoms with E-state index in [0.29, 0.717) is 77.7 Å². The van der Waals surface area contributed by atoms with Crippen LogP contribution in [0.4, 0.5) is 38.0 Å². The number of carboxylic acids is 1. The number of anilines is 2. The summed E-state index contributed by atoms with van der Waals surface area (Å²) in [5, 5.41) is 9.31. The van der Waals surface area contributed by atoms with Gasteiger partial charge in [0.15, 0.2) is 0 Å². The fourth-order valence-electron chi connectivity index (χ4n) is 8.48. The Morgan fingerprint density at radius 3 is 2.02 bits per heavy atom. The van der Waals surface area contributed by atoms with Gasteiger partial charge in [-0.15, -0.1) is 0 Å². The van der Waals surface area contributed by atoms with Gasteiger partial charge in [-0.1, -0.05) is 37.3 Å². The summed E-state index contributed by atoms with van der Waals surface area (Å²) in [6.07, 6.45) is -2.46. The zero-order valence-corrected chi connectivity index (χ0v) is 30.7. The highest BCUT2D eigenvalue weighted by molar-refractivity contribution is 5.80. The fraction of sp³-hybridized carbons (Fsp3) is 0.550. The minimum atomic E-state index is -5.01. The van der Waals surface area contributed by atoms with Crippen LogP contribution in [0.2, 0.25) is 0 Å². The molecule has 3 heterocycles. The van der Waals surface area contributed by atoms with Crippen LogP contribution in [0.5, 0.6) is 0 Å². The number of aromatic nitrogens is 2. The second-order valence-electron chi connectivity index (χ2n) is 15.0. The molecule has 0 spiro atoms. The second kappa shape index (κ2) is 17.2. The van der Waals surface area contributed by atoms with Crippen LogP contribution in [0.1, 0.15) is 80.5 Å². The average Bonchev–Trinajstić information content (AvgIpc) is 3.16. The van der Waals surface area contributed by atoms with Gasteiger partial charge in [0.1, 0.15) is 0 Å². The number of alkyl halides is 6. The first-order chi connectivity index (χ1) is 26.2. The van der Waals surface area contributed by atoms with Crippen LogP contribution in [-0.4, -0.2) is 76.3 Å². The lowest BCUT2D eigenvalue weighted by molar-refractivity contribution is -0.145. The molecule has 1 saturated carbocycles. The Balaban J connectivity index is 1.36. The van der Waals surface area contributed by atoms with Crippen molar-refractivity contribution < 1.29 is 45.8 Å². The Hall–Kier alpha value is -4.40. The summed E-state index contributed by atoms with van der Waals surface area (Å²) >= 11 is 0. The van der Waals surface area contributed by atoms with Crippen molar-refractivity contribution in [3.63, 3.8) is 0 Å². The number of carbonyl (C=O) groups excluding carboxylic acids is 1. The second-order valence-corrected chi connectivity index (χ2v) is 15.0. The van der Waals surface area contributed by atoms with Gasteiger partial charge in [0.2, 0.25) is 11.9 Å². The number of rotatable bonds is 11. The summed E-state index contributed by atoms with van der Waals surface area (Å²) in [5.41, 5.74) is -1.28. The Labute approximate surface area is 316 Å². The number of morpholine rings is 1. The third-order valence-electron chi connectivity index (χ3n) is 11.3. The number of aliphatic carboxylic acids is 1. The first kappa shape index (κ1) is 40.3. The number of halogens is 6. The first-order valence-electron chi connectivity index (χ1n) is 19.0. The Morgan fingerprint density at radius 1 is 0.855 bits per heavy atom. The van der Waals surface area contributed by atoms with E-state index >= 15 is 0 Å². The third kappa shape index (κ3) is 10.1. The van der Waals surface area contributed by atoms with E-state index in [1.807, 2.05) is 47.1 Å². The number of hydrogen-bond donors (Lipinski definition) is 1. The van der Waals surface area contributed by atoms with Gasteiger partial charge in [0.05, 0.1) is 42.4 Å². The summed E-state index contributed by atoms with van der Waals surface area (Å²) < 4.78 is 89.4. The van der Waals surface area contributed by atoms with E-state index < -0.39 is 35.5 Å². The average molecular weight is 776 g/mol. The number of benzene rings is 2. The maximum Gasteiger partial charge on any atom is 0.416 e. The van der Waals surface area contributed by atoms with E-state index in [9.17, 15) is 41.0 Å². The minimum Gasteiger partial charge on any atom is -0.481 e. The fourth-order valence-corrected chi connectivity index (χ4v) is 8.48. The molecule has 0 unspecified atom stereocenters. The van der Waals surface area contributed by atoms with Crippen molar-refractivity contribution in [2.45, 2.75) is 102 Å². The lowest BCUT2D eigenvalue weighted by Crippen LogP contribution is -2.59. The standard InChI is InChI=1S/C40H47F6N5O4/c1-2-32-21-33(22-34(18-26-6-4-3-5-7-26)51(32)37(54)29-10-8-27(9-11-29)19-36(52)53)50(38-47-23-35(24-48-38)49-12-14-55-15-13-49)25-28-16-30(39(41,42)43)20-31(17-28)40(44,45)46/h3-7,16-17,20,23-24,27,29,32-34H,2,8-15,18-19,21-22,25H2,1H3,(H,52,53)/t27?,29?,32-,33+,34+/m1/s1.